The van der Waals surface area contributed by atoms with E-state index in [0.29, 0.717) is 17.6 Å². The number of rotatable bonds is 2. The minimum Gasteiger partial charge on any atom is -0.350 e. The molecule has 0 atom stereocenters. The van der Waals surface area contributed by atoms with Gasteiger partial charge in [0.05, 0.1) is 17.0 Å². The van der Waals surface area contributed by atoms with E-state index in [0.717, 1.165) is 28.2 Å². The fraction of sp³-hybridized carbons (Fsp3) is 0.300. The Morgan fingerprint density at radius 3 is 2.44 bits per heavy atom. The molecule has 4 rings (SSSR count). The van der Waals surface area contributed by atoms with Crippen LogP contribution in [0.2, 0.25) is 0 Å². The SMILES string of the molecule is Cc1ccc(C2=Nc3c(n[nH]c3C)Nc3nc(NC(C)(C)C)ncc32)cc1. The highest BCUT2D eigenvalue weighted by Crippen LogP contribution is 2.35. The summed E-state index contributed by atoms with van der Waals surface area (Å²) < 4.78 is 0. The molecule has 0 fully saturated rings. The molecular formula is C20H23N7. The van der Waals surface area contributed by atoms with E-state index in [1.807, 2.05) is 13.1 Å². The minimum absolute atomic E-state index is 0.138. The summed E-state index contributed by atoms with van der Waals surface area (Å²) in [7, 11) is 0. The van der Waals surface area contributed by atoms with Crippen molar-refractivity contribution in [2.75, 3.05) is 10.6 Å². The average molecular weight is 361 g/mol. The standard InChI is InChI=1S/C20H23N7/c1-11-6-8-13(9-7-11)16-14-10-21-19(25-20(3,4)5)24-17(14)23-18-15(22-16)12(2)26-27-18/h6-10H,1-5H3,(H3,21,23,24,25,26,27). The number of benzene rings is 1. The second-order valence-corrected chi connectivity index (χ2v) is 7.83. The lowest BCUT2D eigenvalue weighted by molar-refractivity contribution is 0.626. The molecule has 0 spiro atoms. The van der Waals surface area contributed by atoms with Crippen LogP contribution in [0.25, 0.3) is 0 Å². The molecule has 2 aromatic heterocycles. The predicted molar refractivity (Wildman–Crippen MR) is 108 cm³/mol. The molecule has 0 unspecified atom stereocenters. The molecule has 0 saturated heterocycles. The molecule has 7 nitrogen and oxygen atoms in total. The lowest BCUT2D eigenvalue weighted by atomic mass is 10.0. The number of aliphatic imine (C=N–C) groups is 1. The molecule has 7 heteroatoms. The summed E-state index contributed by atoms with van der Waals surface area (Å²) in [6.07, 6.45) is 1.81. The third-order valence-corrected chi connectivity index (χ3v) is 4.23. The van der Waals surface area contributed by atoms with Crippen molar-refractivity contribution < 1.29 is 0 Å². The molecule has 0 amide bonds. The number of nitrogens with zero attached hydrogens (tertiary/aromatic N) is 4. The van der Waals surface area contributed by atoms with E-state index in [-0.39, 0.29) is 5.54 Å². The predicted octanol–water partition coefficient (Wildman–Crippen LogP) is 4.25. The number of hydrogen-bond acceptors (Lipinski definition) is 6. The van der Waals surface area contributed by atoms with Crippen LogP contribution >= 0.6 is 0 Å². The number of fused-ring (bicyclic) bond motifs is 2. The van der Waals surface area contributed by atoms with Crippen molar-refractivity contribution in [1.82, 2.24) is 20.2 Å². The quantitative estimate of drug-likeness (QED) is 0.496. The van der Waals surface area contributed by atoms with E-state index < -0.39 is 0 Å². The van der Waals surface area contributed by atoms with Crippen molar-refractivity contribution in [2.45, 2.75) is 40.2 Å². The smallest absolute Gasteiger partial charge is 0.225 e. The molecule has 3 N–H and O–H groups in total. The molecular weight excluding hydrogens is 338 g/mol. The topological polar surface area (TPSA) is 90.9 Å². The molecule has 138 valence electrons. The zero-order chi connectivity index (χ0) is 19.2. The van der Waals surface area contributed by atoms with E-state index in [9.17, 15) is 0 Å². The Hall–Kier alpha value is -3.22. The third-order valence-electron chi connectivity index (χ3n) is 4.23. The van der Waals surface area contributed by atoms with Crippen LogP contribution < -0.4 is 10.6 Å². The molecule has 3 aromatic rings. The molecule has 1 aliphatic rings. The Balaban J connectivity index is 1.88. The Kier molecular flexibility index (Phi) is 3.95. The fourth-order valence-electron chi connectivity index (χ4n) is 2.91. The Morgan fingerprint density at radius 2 is 1.74 bits per heavy atom. The number of nitrogens with one attached hydrogen (secondary N) is 3. The lowest BCUT2D eigenvalue weighted by Crippen LogP contribution is -2.27. The van der Waals surface area contributed by atoms with E-state index in [1.54, 1.807) is 0 Å². The van der Waals surface area contributed by atoms with Gasteiger partial charge in [-0.2, -0.15) is 10.1 Å². The second-order valence-electron chi connectivity index (χ2n) is 7.83. The van der Waals surface area contributed by atoms with E-state index in [4.69, 9.17) is 9.98 Å². The molecule has 27 heavy (non-hydrogen) atoms. The first kappa shape index (κ1) is 17.2. The summed E-state index contributed by atoms with van der Waals surface area (Å²) in [6, 6.07) is 8.30. The molecule has 1 aromatic carbocycles. The number of aryl methyl sites for hydroxylation is 2. The monoisotopic (exact) mass is 361 g/mol. The maximum absolute atomic E-state index is 4.90. The first-order valence-corrected chi connectivity index (χ1v) is 8.93. The fourth-order valence-corrected chi connectivity index (χ4v) is 2.91. The van der Waals surface area contributed by atoms with Crippen molar-refractivity contribution in [2.24, 2.45) is 4.99 Å². The molecule has 0 radical (unpaired) electrons. The van der Waals surface area contributed by atoms with Crippen molar-refractivity contribution in [3.8, 4) is 0 Å². The van der Waals surface area contributed by atoms with Gasteiger partial charge in [-0.1, -0.05) is 29.8 Å². The van der Waals surface area contributed by atoms with Crippen LogP contribution in [0.3, 0.4) is 0 Å². The van der Waals surface area contributed by atoms with Crippen LogP contribution in [0.4, 0.5) is 23.3 Å². The zero-order valence-electron chi connectivity index (χ0n) is 16.2. The van der Waals surface area contributed by atoms with Crippen LogP contribution in [-0.2, 0) is 0 Å². The highest BCUT2D eigenvalue weighted by Gasteiger charge is 2.23. The first-order valence-electron chi connectivity index (χ1n) is 8.93. The zero-order valence-corrected chi connectivity index (χ0v) is 16.2. The van der Waals surface area contributed by atoms with Gasteiger partial charge in [-0.25, -0.2) is 9.98 Å². The van der Waals surface area contributed by atoms with Crippen LogP contribution in [0.1, 0.15) is 43.2 Å². The van der Waals surface area contributed by atoms with Gasteiger partial charge >= 0.3 is 0 Å². The molecule has 3 heterocycles. The number of hydrogen-bond donors (Lipinski definition) is 3. The van der Waals surface area contributed by atoms with Gasteiger partial charge in [0, 0.05) is 17.3 Å². The summed E-state index contributed by atoms with van der Waals surface area (Å²) in [5.41, 5.74) is 5.43. The first-order chi connectivity index (χ1) is 12.8. The van der Waals surface area contributed by atoms with Crippen LogP contribution in [0.5, 0.6) is 0 Å². The number of aromatic nitrogens is 4. The maximum atomic E-state index is 4.90. The van der Waals surface area contributed by atoms with Gasteiger partial charge in [-0.15, -0.1) is 0 Å². The summed E-state index contributed by atoms with van der Waals surface area (Å²) in [6.45, 7) is 10.2. The summed E-state index contributed by atoms with van der Waals surface area (Å²) in [5.74, 6) is 1.91. The van der Waals surface area contributed by atoms with Crippen molar-refractivity contribution >= 4 is 29.0 Å². The highest BCUT2D eigenvalue weighted by atomic mass is 15.3. The summed E-state index contributed by atoms with van der Waals surface area (Å²) in [5, 5.41) is 14.0. The van der Waals surface area contributed by atoms with Gasteiger partial charge in [0.2, 0.25) is 5.95 Å². The lowest BCUT2D eigenvalue weighted by Gasteiger charge is -2.21. The number of aromatic amines is 1. The van der Waals surface area contributed by atoms with Gasteiger partial charge in [0.1, 0.15) is 11.5 Å². The maximum Gasteiger partial charge on any atom is 0.225 e. The Bertz CT molecular complexity index is 1020. The van der Waals surface area contributed by atoms with Gasteiger partial charge in [0.15, 0.2) is 5.82 Å². The Morgan fingerprint density at radius 1 is 1.00 bits per heavy atom. The number of H-pyrrole nitrogens is 1. The largest absolute Gasteiger partial charge is 0.350 e. The van der Waals surface area contributed by atoms with Gasteiger partial charge < -0.3 is 10.6 Å². The van der Waals surface area contributed by atoms with Crippen molar-refractivity contribution in [1.29, 1.82) is 0 Å². The molecule has 0 aliphatic carbocycles. The van der Waals surface area contributed by atoms with Crippen molar-refractivity contribution in [3.05, 3.63) is 52.8 Å². The van der Waals surface area contributed by atoms with Crippen LogP contribution in [0, 0.1) is 13.8 Å². The van der Waals surface area contributed by atoms with Crippen LogP contribution in [-0.4, -0.2) is 31.4 Å². The van der Waals surface area contributed by atoms with E-state index in [1.165, 1.54) is 5.56 Å². The van der Waals surface area contributed by atoms with E-state index in [2.05, 4.69) is 77.8 Å². The third kappa shape index (κ3) is 3.40. The summed E-state index contributed by atoms with van der Waals surface area (Å²) >= 11 is 0. The minimum atomic E-state index is -0.138. The summed E-state index contributed by atoms with van der Waals surface area (Å²) in [4.78, 5) is 14.1. The highest BCUT2D eigenvalue weighted by molar-refractivity contribution is 6.17. The van der Waals surface area contributed by atoms with Crippen molar-refractivity contribution in [3.63, 3.8) is 0 Å². The average Bonchev–Trinajstić information content (AvgIpc) is 2.84. The number of anilines is 3. The van der Waals surface area contributed by atoms with Gasteiger partial charge in [0.25, 0.3) is 0 Å². The molecule has 0 saturated carbocycles. The van der Waals surface area contributed by atoms with Crippen LogP contribution in [0.15, 0.2) is 35.5 Å². The second kappa shape index (κ2) is 6.19. The van der Waals surface area contributed by atoms with E-state index >= 15 is 0 Å². The normalized spacial score (nSPS) is 13.1. The molecule has 1 aliphatic heterocycles. The molecule has 0 bridgehead atoms. The Labute approximate surface area is 158 Å². The van der Waals surface area contributed by atoms with Gasteiger partial charge in [-0.05, 0) is 34.6 Å². The van der Waals surface area contributed by atoms with Gasteiger partial charge in [-0.3, -0.25) is 5.10 Å².